The summed E-state index contributed by atoms with van der Waals surface area (Å²) in [5, 5.41) is 6.74. The van der Waals surface area contributed by atoms with E-state index in [-0.39, 0.29) is 18.1 Å². The van der Waals surface area contributed by atoms with E-state index in [1.807, 2.05) is 72.8 Å². The van der Waals surface area contributed by atoms with Gasteiger partial charge in [0.15, 0.2) is 0 Å². The van der Waals surface area contributed by atoms with Gasteiger partial charge in [-0.25, -0.2) is 4.68 Å². The first-order valence-corrected chi connectivity index (χ1v) is 9.63. The molecule has 0 bridgehead atoms. The van der Waals surface area contributed by atoms with Crippen molar-refractivity contribution in [3.8, 4) is 16.3 Å². The van der Waals surface area contributed by atoms with E-state index in [1.165, 1.54) is 0 Å². The summed E-state index contributed by atoms with van der Waals surface area (Å²) in [5.41, 5.74) is 2.31. The van der Waals surface area contributed by atoms with Gasteiger partial charge in [0, 0.05) is 12.7 Å². The quantitative estimate of drug-likeness (QED) is 0.706. The molecule has 1 aliphatic rings. The maximum Gasteiger partial charge on any atom is 0.258 e. The van der Waals surface area contributed by atoms with Crippen LogP contribution in [0, 0.1) is 0 Å². The lowest BCUT2D eigenvalue weighted by molar-refractivity contribution is -0.0386. The third kappa shape index (κ3) is 3.18. The first-order chi connectivity index (χ1) is 12.6. The van der Waals surface area contributed by atoms with Gasteiger partial charge in [-0.1, -0.05) is 24.3 Å². The Labute approximate surface area is 156 Å². The van der Waals surface area contributed by atoms with Gasteiger partial charge in [-0.05, 0) is 37.4 Å². The molecule has 3 aromatic rings. The smallest absolute Gasteiger partial charge is 0.258 e. The van der Waals surface area contributed by atoms with Crippen molar-refractivity contribution >= 4 is 17.2 Å². The minimum atomic E-state index is 0.0123. The first kappa shape index (κ1) is 17.0. The standard InChI is InChI=1S/C20H21N3O2S/c1-14-13-25-15(2)11-22(14)20(24)17-12-23(16-7-4-3-5-8-16)21-19(17)18-9-6-10-26-18/h3-10,12,14-15H,11,13H2,1-2H3. The Hall–Kier alpha value is -2.44. The number of para-hydroxylation sites is 1. The monoisotopic (exact) mass is 367 g/mol. The molecule has 1 aromatic carbocycles. The van der Waals surface area contributed by atoms with Crippen molar-refractivity contribution in [2.24, 2.45) is 0 Å². The highest BCUT2D eigenvalue weighted by atomic mass is 32.1. The average molecular weight is 367 g/mol. The number of amides is 1. The molecule has 0 spiro atoms. The van der Waals surface area contributed by atoms with E-state index in [0.717, 1.165) is 16.3 Å². The van der Waals surface area contributed by atoms with Gasteiger partial charge in [0.1, 0.15) is 5.69 Å². The second-order valence-corrected chi connectivity index (χ2v) is 7.55. The fraction of sp³-hybridized carbons (Fsp3) is 0.300. The van der Waals surface area contributed by atoms with Crippen molar-refractivity contribution < 1.29 is 9.53 Å². The molecule has 2 atom stereocenters. The maximum atomic E-state index is 13.3. The molecule has 134 valence electrons. The Balaban J connectivity index is 1.76. The minimum Gasteiger partial charge on any atom is -0.375 e. The molecule has 3 heterocycles. The molecule has 1 fully saturated rings. The van der Waals surface area contributed by atoms with Crippen molar-refractivity contribution in [3.63, 3.8) is 0 Å². The second kappa shape index (κ2) is 7.05. The molecular weight excluding hydrogens is 346 g/mol. The summed E-state index contributed by atoms with van der Waals surface area (Å²) in [4.78, 5) is 16.2. The zero-order chi connectivity index (χ0) is 18.1. The molecule has 4 rings (SSSR count). The lowest BCUT2D eigenvalue weighted by Gasteiger charge is -2.36. The van der Waals surface area contributed by atoms with Gasteiger partial charge in [-0.3, -0.25) is 4.79 Å². The summed E-state index contributed by atoms with van der Waals surface area (Å²) < 4.78 is 7.46. The van der Waals surface area contributed by atoms with Crippen LogP contribution < -0.4 is 0 Å². The summed E-state index contributed by atoms with van der Waals surface area (Å²) >= 11 is 1.59. The van der Waals surface area contributed by atoms with Crippen molar-refractivity contribution in [1.82, 2.24) is 14.7 Å². The molecule has 2 unspecified atom stereocenters. The Morgan fingerprint density at radius 2 is 2.00 bits per heavy atom. The van der Waals surface area contributed by atoms with Gasteiger partial charge in [-0.2, -0.15) is 5.10 Å². The maximum absolute atomic E-state index is 13.3. The molecule has 5 nitrogen and oxygen atoms in total. The van der Waals surface area contributed by atoms with Gasteiger partial charge in [0.25, 0.3) is 5.91 Å². The van der Waals surface area contributed by atoms with E-state index in [2.05, 4.69) is 0 Å². The fourth-order valence-electron chi connectivity index (χ4n) is 3.18. The Kier molecular flexibility index (Phi) is 4.61. The first-order valence-electron chi connectivity index (χ1n) is 8.75. The number of benzene rings is 1. The van der Waals surface area contributed by atoms with Gasteiger partial charge < -0.3 is 9.64 Å². The van der Waals surface area contributed by atoms with Crippen molar-refractivity contribution in [2.75, 3.05) is 13.2 Å². The van der Waals surface area contributed by atoms with E-state index in [1.54, 1.807) is 16.0 Å². The van der Waals surface area contributed by atoms with E-state index in [9.17, 15) is 4.79 Å². The molecule has 2 aromatic heterocycles. The number of hydrogen-bond donors (Lipinski definition) is 0. The van der Waals surface area contributed by atoms with E-state index < -0.39 is 0 Å². The van der Waals surface area contributed by atoms with Crippen LogP contribution in [0.4, 0.5) is 0 Å². The van der Waals surface area contributed by atoms with Crippen molar-refractivity contribution in [1.29, 1.82) is 0 Å². The molecule has 1 amide bonds. The number of hydrogen-bond acceptors (Lipinski definition) is 4. The van der Waals surface area contributed by atoms with Gasteiger partial charge in [0.05, 0.1) is 34.9 Å². The topological polar surface area (TPSA) is 47.4 Å². The van der Waals surface area contributed by atoms with Gasteiger partial charge >= 0.3 is 0 Å². The number of ether oxygens (including phenoxy) is 1. The fourth-order valence-corrected chi connectivity index (χ4v) is 3.90. The highest BCUT2D eigenvalue weighted by Gasteiger charge is 2.31. The number of rotatable bonds is 3. The molecule has 0 N–H and O–H groups in total. The van der Waals surface area contributed by atoms with Crippen molar-refractivity contribution in [3.05, 3.63) is 59.6 Å². The van der Waals surface area contributed by atoms with Crippen LogP contribution in [-0.4, -0.2) is 45.9 Å². The van der Waals surface area contributed by atoms with Crippen LogP contribution in [-0.2, 0) is 4.74 Å². The number of carbonyl (C=O) groups excluding carboxylic acids is 1. The molecule has 1 aliphatic heterocycles. The van der Waals surface area contributed by atoms with Crippen molar-refractivity contribution in [2.45, 2.75) is 26.0 Å². The normalized spacial score (nSPS) is 20.3. The molecule has 1 saturated heterocycles. The molecular formula is C20H21N3O2S. The average Bonchev–Trinajstić information content (AvgIpc) is 3.33. The molecule has 0 aliphatic carbocycles. The number of nitrogens with zero attached hydrogens (tertiary/aromatic N) is 3. The zero-order valence-corrected chi connectivity index (χ0v) is 15.6. The van der Waals surface area contributed by atoms with Gasteiger partial charge in [0.2, 0.25) is 0 Å². The third-order valence-electron chi connectivity index (χ3n) is 4.59. The molecule has 26 heavy (non-hydrogen) atoms. The number of aromatic nitrogens is 2. The lowest BCUT2D eigenvalue weighted by atomic mass is 10.1. The predicted molar refractivity (Wildman–Crippen MR) is 103 cm³/mol. The highest BCUT2D eigenvalue weighted by Crippen LogP contribution is 2.29. The van der Waals surface area contributed by atoms with Crippen LogP contribution in [0.1, 0.15) is 24.2 Å². The van der Waals surface area contributed by atoms with Crippen LogP contribution in [0.15, 0.2) is 54.0 Å². The summed E-state index contributed by atoms with van der Waals surface area (Å²) in [5.74, 6) is 0.0123. The van der Waals surface area contributed by atoms with Crippen LogP contribution in [0.25, 0.3) is 16.3 Å². The largest absolute Gasteiger partial charge is 0.375 e. The van der Waals surface area contributed by atoms with E-state index >= 15 is 0 Å². The highest BCUT2D eigenvalue weighted by molar-refractivity contribution is 7.13. The predicted octanol–water partition coefficient (Wildman–Crippen LogP) is 3.85. The molecule has 0 saturated carbocycles. The van der Waals surface area contributed by atoms with Crippen LogP contribution >= 0.6 is 11.3 Å². The zero-order valence-electron chi connectivity index (χ0n) is 14.8. The van der Waals surface area contributed by atoms with Crippen LogP contribution in [0.5, 0.6) is 0 Å². The summed E-state index contributed by atoms with van der Waals surface area (Å²) in [6.07, 6.45) is 1.89. The third-order valence-corrected chi connectivity index (χ3v) is 5.47. The summed E-state index contributed by atoms with van der Waals surface area (Å²) in [7, 11) is 0. The lowest BCUT2D eigenvalue weighted by Crippen LogP contribution is -2.50. The number of morpholine rings is 1. The van der Waals surface area contributed by atoms with Crippen LogP contribution in [0.3, 0.4) is 0 Å². The van der Waals surface area contributed by atoms with E-state index in [0.29, 0.717) is 18.7 Å². The second-order valence-electron chi connectivity index (χ2n) is 6.60. The SMILES string of the molecule is CC1CN(C(=O)c2cn(-c3ccccc3)nc2-c2cccs2)C(C)CO1. The van der Waals surface area contributed by atoms with E-state index in [4.69, 9.17) is 9.84 Å². The van der Waals surface area contributed by atoms with Gasteiger partial charge in [-0.15, -0.1) is 11.3 Å². The molecule has 0 radical (unpaired) electrons. The Bertz CT molecular complexity index is 889. The summed E-state index contributed by atoms with van der Waals surface area (Å²) in [6.45, 7) is 5.18. The summed E-state index contributed by atoms with van der Waals surface area (Å²) in [6, 6.07) is 13.9. The Morgan fingerprint density at radius 1 is 1.19 bits per heavy atom. The number of thiophene rings is 1. The molecule has 6 heteroatoms. The van der Waals surface area contributed by atoms with Crippen LogP contribution in [0.2, 0.25) is 0 Å². The Morgan fingerprint density at radius 3 is 2.73 bits per heavy atom. The minimum absolute atomic E-state index is 0.0123. The number of carbonyl (C=O) groups is 1.